The number of carbonyl (C=O) groups excluding carboxylic acids is 1. The minimum Gasteiger partial charge on any atom is -0.378 e. The van der Waals surface area contributed by atoms with Crippen LogP contribution in [0.4, 0.5) is 0 Å². The molecule has 27 heavy (non-hydrogen) atoms. The fourth-order valence-electron chi connectivity index (χ4n) is 3.29. The van der Waals surface area contributed by atoms with Gasteiger partial charge in [0.1, 0.15) is 0 Å². The molecule has 0 spiro atoms. The second-order valence-corrected chi connectivity index (χ2v) is 7.62. The number of amides is 1. The quantitative estimate of drug-likeness (QED) is 0.535. The number of pyridine rings is 2. The SMILES string of the molecule is Cn1cc2cc(-c3ccc4sc(C(=O)N5CCOCC5)cc4n3)cnc2n1. The molecule has 1 fully saturated rings. The summed E-state index contributed by atoms with van der Waals surface area (Å²) in [6.45, 7) is 2.48. The van der Waals surface area contributed by atoms with Crippen molar-refractivity contribution in [2.45, 2.75) is 0 Å². The van der Waals surface area contributed by atoms with Crippen molar-refractivity contribution in [3.63, 3.8) is 0 Å². The van der Waals surface area contributed by atoms with Gasteiger partial charge in [0.2, 0.25) is 0 Å². The molecule has 5 rings (SSSR count). The van der Waals surface area contributed by atoms with Crippen molar-refractivity contribution in [3.8, 4) is 11.3 Å². The fourth-order valence-corrected chi connectivity index (χ4v) is 4.25. The van der Waals surface area contributed by atoms with Crippen LogP contribution in [0.1, 0.15) is 9.67 Å². The average Bonchev–Trinajstić information content (AvgIpc) is 3.29. The Morgan fingerprint density at radius 2 is 2.07 bits per heavy atom. The Balaban J connectivity index is 1.50. The van der Waals surface area contributed by atoms with E-state index in [1.807, 2.05) is 42.4 Å². The Labute approximate surface area is 159 Å². The van der Waals surface area contributed by atoms with Crippen molar-refractivity contribution < 1.29 is 9.53 Å². The van der Waals surface area contributed by atoms with E-state index in [0.717, 1.165) is 37.4 Å². The molecular weight excluding hydrogens is 362 g/mol. The van der Waals surface area contributed by atoms with Crippen LogP contribution in [0.2, 0.25) is 0 Å². The van der Waals surface area contributed by atoms with Gasteiger partial charge in [-0.2, -0.15) is 5.10 Å². The third-order valence-electron chi connectivity index (χ3n) is 4.65. The summed E-state index contributed by atoms with van der Waals surface area (Å²) in [5.41, 5.74) is 3.32. The molecule has 1 amide bonds. The highest BCUT2D eigenvalue weighted by atomic mass is 32.1. The lowest BCUT2D eigenvalue weighted by Gasteiger charge is -2.26. The maximum Gasteiger partial charge on any atom is 0.264 e. The van der Waals surface area contributed by atoms with Gasteiger partial charge in [-0.25, -0.2) is 9.97 Å². The van der Waals surface area contributed by atoms with E-state index in [-0.39, 0.29) is 5.91 Å². The predicted octanol–water partition coefficient (Wildman–Crippen LogP) is 2.72. The number of hydrogen-bond donors (Lipinski definition) is 0. The molecule has 7 nitrogen and oxygen atoms in total. The van der Waals surface area contributed by atoms with E-state index < -0.39 is 0 Å². The Morgan fingerprint density at radius 1 is 1.22 bits per heavy atom. The highest BCUT2D eigenvalue weighted by Gasteiger charge is 2.21. The minimum absolute atomic E-state index is 0.0568. The number of fused-ring (bicyclic) bond motifs is 2. The lowest BCUT2D eigenvalue weighted by molar-refractivity contribution is 0.0306. The molecule has 0 radical (unpaired) electrons. The molecule has 0 atom stereocenters. The summed E-state index contributed by atoms with van der Waals surface area (Å²) < 4.78 is 8.08. The molecule has 0 aliphatic carbocycles. The van der Waals surface area contributed by atoms with Crippen molar-refractivity contribution >= 4 is 38.5 Å². The van der Waals surface area contributed by atoms with Crippen molar-refractivity contribution in [1.29, 1.82) is 0 Å². The Morgan fingerprint density at radius 3 is 2.93 bits per heavy atom. The molecular formula is C19H17N5O2S. The number of rotatable bonds is 2. The van der Waals surface area contributed by atoms with Crippen molar-refractivity contribution in [3.05, 3.63) is 41.5 Å². The first-order chi connectivity index (χ1) is 13.2. The van der Waals surface area contributed by atoms with Crippen LogP contribution < -0.4 is 0 Å². The smallest absolute Gasteiger partial charge is 0.264 e. The summed E-state index contributed by atoms with van der Waals surface area (Å²) in [5, 5.41) is 5.28. The summed E-state index contributed by atoms with van der Waals surface area (Å²) in [7, 11) is 1.88. The number of thiophene rings is 1. The average molecular weight is 379 g/mol. The van der Waals surface area contributed by atoms with E-state index in [0.29, 0.717) is 26.3 Å². The number of nitrogens with zero attached hydrogens (tertiary/aromatic N) is 5. The third kappa shape index (κ3) is 2.96. The van der Waals surface area contributed by atoms with Gasteiger partial charge in [0, 0.05) is 43.5 Å². The van der Waals surface area contributed by atoms with Crippen LogP contribution in [0.3, 0.4) is 0 Å². The molecule has 1 saturated heterocycles. The zero-order valence-corrected chi connectivity index (χ0v) is 15.6. The zero-order valence-electron chi connectivity index (χ0n) is 14.8. The van der Waals surface area contributed by atoms with Crippen LogP contribution in [0.5, 0.6) is 0 Å². The van der Waals surface area contributed by atoms with Crippen molar-refractivity contribution in [1.82, 2.24) is 24.6 Å². The van der Waals surface area contributed by atoms with Gasteiger partial charge in [0.05, 0.1) is 34.0 Å². The van der Waals surface area contributed by atoms with E-state index in [1.54, 1.807) is 10.9 Å². The lowest BCUT2D eigenvalue weighted by Crippen LogP contribution is -2.40. The summed E-state index contributed by atoms with van der Waals surface area (Å²) in [6.07, 6.45) is 3.73. The van der Waals surface area contributed by atoms with E-state index in [9.17, 15) is 4.79 Å². The van der Waals surface area contributed by atoms with Crippen molar-refractivity contribution in [2.75, 3.05) is 26.3 Å². The molecule has 0 saturated carbocycles. The van der Waals surface area contributed by atoms with Gasteiger partial charge in [-0.1, -0.05) is 0 Å². The Kier molecular flexibility index (Phi) is 3.87. The largest absolute Gasteiger partial charge is 0.378 e. The summed E-state index contributed by atoms with van der Waals surface area (Å²) >= 11 is 1.49. The van der Waals surface area contributed by atoms with Gasteiger partial charge in [0.25, 0.3) is 5.91 Å². The van der Waals surface area contributed by atoms with Crippen molar-refractivity contribution in [2.24, 2.45) is 7.05 Å². The number of carbonyl (C=O) groups is 1. The minimum atomic E-state index is 0.0568. The van der Waals surface area contributed by atoms with E-state index >= 15 is 0 Å². The number of morpholine rings is 1. The maximum atomic E-state index is 12.7. The number of aromatic nitrogens is 4. The van der Waals surface area contributed by atoms with E-state index in [2.05, 4.69) is 10.1 Å². The van der Waals surface area contributed by atoms with Gasteiger partial charge in [0.15, 0.2) is 5.65 Å². The summed E-state index contributed by atoms with van der Waals surface area (Å²) in [6, 6.07) is 7.92. The first-order valence-electron chi connectivity index (χ1n) is 8.75. The number of aryl methyl sites for hydroxylation is 1. The van der Waals surface area contributed by atoms with Gasteiger partial charge < -0.3 is 9.64 Å². The number of ether oxygens (including phenoxy) is 1. The molecule has 4 aromatic heterocycles. The van der Waals surface area contributed by atoms with Crippen LogP contribution in [-0.2, 0) is 11.8 Å². The van der Waals surface area contributed by atoms with E-state index in [1.165, 1.54) is 11.3 Å². The Hall–Kier alpha value is -2.84. The van der Waals surface area contributed by atoms with Crippen LogP contribution in [0, 0.1) is 0 Å². The molecule has 4 aromatic rings. The monoisotopic (exact) mass is 379 g/mol. The second kappa shape index (κ2) is 6.40. The molecule has 0 N–H and O–H groups in total. The van der Waals surface area contributed by atoms with Gasteiger partial charge in [-0.3, -0.25) is 9.48 Å². The van der Waals surface area contributed by atoms with Gasteiger partial charge in [-0.05, 0) is 24.3 Å². The highest BCUT2D eigenvalue weighted by molar-refractivity contribution is 7.20. The number of hydrogen-bond acceptors (Lipinski definition) is 6. The van der Waals surface area contributed by atoms with Crippen LogP contribution in [0.25, 0.3) is 32.5 Å². The Bertz CT molecular complexity index is 1160. The van der Waals surface area contributed by atoms with E-state index in [4.69, 9.17) is 9.72 Å². The molecule has 0 aromatic carbocycles. The van der Waals surface area contributed by atoms with Gasteiger partial charge in [-0.15, -0.1) is 11.3 Å². The molecule has 8 heteroatoms. The zero-order chi connectivity index (χ0) is 18.4. The van der Waals surface area contributed by atoms with Crippen LogP contribution in [-0.4, -0.2) is 56.9 Å². The molecule has 5 heterocycles. The molecule has 0 unspecified atom stereocenters. The lowest BCUT2D eigenvalue weighted by atomic mass is 10.1. The summed E-state index contributed by atoms with van der Waals surface area (Å²) in [4.78, 5) is 24.4. The normalized spacial score (nSPS) is 14.9. The fraction of sp³-hybridized carbons (Fsp3) is 0.263. The second-order valence-electron chi connectivity index (χ2n) is 6.53. The molecule has 0 bridgehead atoms. The summed E-state index contributed by atoms with van der Waals surface area (Å²) in [5.74, 6) is 0.0568. The molecule has 136 valence electrons. The standard InChI is InChI=1S/C19H17N5O2S/c1-23-11-13-8-12(10-20-18(13)22-23)14-2-3-16-15(21-14)9-17(27-16)19(25)24-4-6-26-7-5-24/h2-3,8-11H,4-7H2,1H3. The third-order valence-corrected chi connectivity index (χ3v) is 5.73. The van der Waals surface area contributed by atoms with Crippen LogP contribution >= 0.6 is 11.3 Å². The molecule has 1 aliphatic rings. The first-order valence-corrected chi connectivity index (χ1v) is 9.56. The maximum absolute atomic E-state index is 12.7. The topological polar surface area (TPSA) is 73.1 Å². The first kappa shape index (κ1) is 16.3. The highest BCUT2D eigenvalue weighted by Crippen LogP contribution is 2.29. The van der Waals surface area contributed by atoms with Gasteiger partial charge >= 0.3 is 0 Å². The molecule has 1 aliphatic heterocycles. The van der Waals surface area contributed by atoms with Crippen LogP contribution in [0.15, 0.2) is 36.7 Å². The predicted molar refractivity (Wildman–Crippen MR) is 104 cm³/mol.